The highest BCUT2D eigenvalue weighted by Crippen LogP contribution is 2.32. The predicted octanol–water partition coefficient (Wildman–Crippen LogP) is 3.62. The van der Waals surface area contributed by atoms with E-state index < -0.39 is 5.97 Å². The van der Waals surface area contributed by atoms with Crippen LogP contribution in [-0.2, 0) is 27.2 Å². The zero-order valence-electron chi connectivity index (χ0n) is 16.8. The summed E-state index contributed by atoms with van der Waals surface area (Å²) < 4.78 is 5.06. The quantitative estimate of drug-likeness (QED) is 0.561. The standard InChI is InChI=1S/C24H23NO5/c1-14-19-12-18(7-8-20(19)25-24(14)29)22(27)13-30-23(28)10-9-21(26)17-6-5-15-3-2-4-16(15)11-17/h5-8,11-12,14H,2-4,9-10,13H2,1H3,(H,25,29)/t14-/m1/s1. The summed E-state index contributed by atoms with van der Waals surface area (Å²) in [6, 6.07) is 10.7. The maximum Gasteiger partial charge on any atom is 0.306 e. The number of amides is 1. The predicted molar refractivity (Wildman–Crippen MR) is 111 cm³/mol. The molecule has 0 fully saturated rings. The first-order valence-corrected chi connectivity index (χ1v) is 10.2. The molecule has 0 saturated heterocycles. The molecule has 0 unspecified atom stereocenters. The molecule has 30 heavy (non-hydrogen) atoms. The van der Waals surface area contributed by atoms with Crippen LogP contribution in [0.25, 0.3) is 0 Å². The third-order valence-corrected chi connectivity index (χ3v) is 5.83. The molecule has 2 aromatic carbocycles. The molecule has 1 atom stereocenters. The molecule has 1 aliphatic carbocycles. The number of Topliss-reactive ketones (excluding diaryl/α,β-unsaturated/α-hetero) is 2. The summed E-state index contributed by atoms with van der Waals surface area (Å²) >= 11 is 0. The first-order valence-electron chi connectivity index (χ1n) is 10.2. The van der Waals surface area contributed by atoms with Gasteiger partial charge in [0.1, 0.15) is 0 Å². The second kappa shape index (κ2) is 8.22. The molecule has 1 aliphatic heterocycles. The van der Waals surface area contributed by atoms with Gasteiger partial charge in [-0.05, 0) is 67.1 Å². The highest BCUT2D eigenvalue weighted by molar-refractivity contribution is 6.05. The lowest BCUT2D eigenvalue weighted by atomic mass is 9.99. The monoisotopic (exact) mass is 405 g/mol. The Labute approximate surface area is 174 Å². The number of nitrogens with one attached hydrogen (secondary N) is 1. The Morgan fingerprint density at radius 1 is 0.967 bits per heavy atom. The Morgan fingerprint density at radius 3 is 2.53 bits per heavy atom. The van der Waals surface area contributed by atoms with Crippen molar-refractivity contribution in [1.29, 1.82) is 0 Å². The number of hydrogen-bond donors (Lipinski definition) is 1. The molecule has 4 rings (SSSR count). The molecule has 2 aromatic rings. The first-order chi connectivity index (χ1) is 14.4. The minimum atomic E-state index is -0.579. The van der Waals surface area contributed by atoms with Gasteiger partial charge in [-0.15, -0.1) is 0 Å². The summed E-state index contributed by atoms with van der Waals surface area (Å²) in [6.45, 7) is 1.38. The van der Waals surface area contributed by atoms with Crippen LogP contribution in [0.5, 0.6) is 0 Å². The zero-order chi connectivity index (χ0) is 21.3. The van der Waals surface area contributed by atoms with Crippen molar-refractivity contribution < 1.29 is 23.9 Å². The van der Waals surface area contributed by atoms with Crippen LogP contribution in [0.15, 0.2) is 36.4 Å². The van der Waals surface area contributed by atoms with Crippen molar-refractivity contribution in [2.75, 3.05) is 11.9 Å². The lowest BCUT2D eigenvalue weighted by molar-refractivity contribution is -0.142. The molecule has 1 amide bonds. The Morgan fingerprint density at radius 2 is 1.70 bits per heavy atom. The van der Waals surface area contributed by atoms with Gasteiger partial charge in [-0.2, -0.15) is 0 Å². The maximum absolute atomic E-state index is 12.4. The van der Waals surface area contributed by atoms with Gasteiger partial charge in [-0.25, -0.2) is 0 Å². The maximum atomic E-state index is 12.4. The van der Waals surface area contributed by atoms with Crippen LogP contribution in [0.2, 0.25) is 0 Å². The molecule has 0 aromatic heterocycles. The van der Waals surface area contributed by atoms with Gasteiger partial charge in [0.05, 0.1) is 12.3 Å². The number of anilines is 1. The van der Waals surface area contributed by atoms with Crippen molar-refractivity contribution in [2.24, 2.45) is 0 Å². The van der Waals surface area contributed by atoms with E-state index in [2.05, 4.69) is 5.32 Å². The third kappa shape index (κ3) is 4.03. The minimum absolute atomic E-state index is 0.0515. The normalized spacial score (nSPS) is 16.6. The van der Waals surface area contributed by atoms with E-state index in [0.717, 1.165) is 24.8 Å². The molecular weight excluding hydrogens is 382 g/mol. The topological polar surface area (TPSA) is 89.5 Å². The van der Waals surface area contributed by atoms with Gasteiger partial charge in [0.2, 0.25) is 5.91 Å². The van der Waals surface area contributed by atoms with Gasteiger partial charge in [0.25, 0.3) is 0 Å². The van der Waals surface area contributed by atoms with Crippen LogP contribution < -0.4 is 5.32 Å². The molecule has 6 nitrogen and oxygen atoms in total. The van der Waals surface area contributed by atoms with Crippen LogP contribution in [-0.4, -0.2) is 30.0 Å². The van der Waals surface area contributed by atoms with E-state index in [4.69, 9.17) is 4.74 Å². The van der Waals surface area contributed by atoms with Gasteiger partial charge >= 0.3 is 5.97 Å². The molecule has 2 aliphatic rings. The number of ketones is 2. The molecule has 1 heterocycles. The van der Waals surface area contributed by atoms with E-state index in [1.54, 1.807) is 25.1 Å². The average molecular weight is 405 g/mol. The lowest BCUT2D eigenvalue weighted by Gasteiger charge is -2.07. The fourth-order valence-electron chi connectivity index (χ4n) is 4.00. The summed E-state index contributed by atoms with van der Waals surface area (Å²) in [4.78, 5) is 48.4. The molecule has 0 saturated carbocycles. The number of hydrogen-bond acceptors (Lipinski definition) is 5. The summed E-state index contributed by atoms with van der Waals surface area (Å²) in [5.41, 5.74) is 4.98. The number of esters is 1. The second-order valence-corrected chi connectivity index (χ2v) is 7.86. The van der Waals surface area contributed by atoms with E-state index in [0.29, 0.717) is 16.8 Å². The van der Waals surface area contributed by atoms with Gasteiger partial charge in [-0.1, -0.05) is 12.1 Å². The largest absolute Gasteiger partial charge is 0.457 e. The fraction of sp³-hybridized carbons (Fsp3) is 0.333. The van der Waals surface area contributed by atoms with Gasteiger partial charge < -0.3 is 10.1 Å². The molecular formula is C24H23NO5. The van der Waals surface area contributed by atoms with E-state index in [1.807, 2.05) is 18.2 Å². The molecule has 0 bridgehead atoms. The Bertz CT molecular complexity index is 1060. The van der Waals surface area contributed by atoms with E-state index in [9.17, 15) is 19.2 Å². The first kappa shape index (κ1) is 20.0. The number of carbonyl (C=O) groups is 4. The van der Waals surface area contributed by atoms with Gasteiger partial charge in [0.15, 0.2) is 18.2 Å². The highest BCUT2D eigenvalue weighted by Gasteiger charge is 2.27. The summed E-state index contributed by atoms with van der Waals surface area (Å²) in [6.07, 6.45) is 3.15. The number of rotatable bonds is 7. The molecule has 6 heteroatoms. The van der Waals surface area contributed by atoms with Crippen LogP contribution in [0.3, 0.4) is 0 Å². The second-order valence-electron chi connectivity index (χ2n) is 7.86. The SMILES string of the molecule is C[C@H]1C(=O)Nc2ccc(C(=O)COC(=O)CCC(=O)c3ccc4c(c3)CCC4)cc21. The van der Waals surface area contributed by atoms with Crippen molar-refractivity contribution in [3.05, 3.63) is 64.2 Å². The molecule has 0 spiro atoms. The Kier molecular flexibility index (Phi) is 5.48. The summed E-state index contributed by atoms with van der Waals surface area (Å²) in [7, 11) is 0. The van der Waals surface area contributed by atoms with Crippen molar-refractivity contribution in [3.8, 4) is 0 Å². The van der Waals surface area contributed by atoms with Gasteiger partial charge in [-0.3, -0.25) is 19.2 Å². The van der Waals surface area contributed by atoms with E-state index in [1.165, 1.54) is 11.1 Å². The smallest absolute Gasteiger partial charge is 0.306 e. The summed E-state index contributed by atoms with van der Waals surface area (Å²) in [5, 5.41) is 2.75. The van der Waals surface area contributed by atoms with Crippen molar-refractivity contribution in [1.82, 2.24) is 0 Å². The van der Waals surface area contributed by atoms with Crippen LogP contribution >= 0.6 is 0 Å². The highest BCUT2D eigenvalue weighted by atomic mass is 16.5. The number of carbonyl (C=O) groups excluding carboxylic acids is 4. The Hall–Kier alpha value is -3.28. The Balaban J connectivity index is 1.27. The van der Waals surface area contributed by atoms with Crippen molar-refractivity contribution >= 4 is 29.1 Å². The number of ether oxygens (including phenoxy) is 1. The number of fused-ring (bicyclic) bond motifs is 2. The van der Waals surface area contributed by atoms with Crippen molar-refractivity contribution in [2.45, 2.75) is 44.9 Å². The van der Waals surface area contributed by atoms with Crippen LogP contribution in [0, 0.1) is 0 Å². The lowest BCUT2D eigenvalue weighted by Crippen LogP contribution is -2.15. The minimum Gasteiger partial charge on any atom is -0.457 e. The zero-order valence-corrected chi connectivity index (χ0v) is 16.8. The third-order valence-electron chi connectivity index (χ3n) is 5.83. The molecule has 0 radical (unpaired) electrons. The molecule has 1 N–H and O–H groups in total. The van der Waals surface area contributed by atoms with Gasteiger partial charge in [0, 0.05) is 23.2 Å². The number of aryl methyl sites for hydroxylation is 2. The van der Waals surface area contributed by atoms with Crippen LogP contribution in [0.1, 0.15) is 69.5 Å². The van der Waals surface area contributed by atoms with Crippen LogP contribution in [0.4, 0.5) is 5.69 Å². The van der Waals surface area contributed by atoms with Crippen molar-refractivity contribution in [3.63, 3.8) is 0 Å². The summed E-state index contributed by atoms with van der Waals surface area (Å²) in [5.74, 6) is -1.45. The van der Waals surface area contributed by atoms with E-state index in [-0.39, 0.29) is 42.8 Å². The fourth-order valence-corrected chi connectivity index (χ4v) is 4.00. The van der Waals surface area contributed by atoms with E-state index >= 15 is 0 Å². The average Bonchev–Trinajstić information content (AvgIpc) is 3.33. The number of benzene rings is 2. The molecule has 154 valence electrons.